The zero-order valence-corrected chi connectivity index (χ0v) is 15.6. The van der Waals surface area contributed by atoms with Crippen molar-refractivity contribution in [2.24, 2.45) is 5.92 Å². The van der Waals surface area contributed by atoms with Crippen LogP contribution in [0.5, 0.6) is 0 Å². The number of anilines is 2. The number of carbonyl (C=O) groups is 2. The van der Waals surface area contributed by atoms with E-state index in [4.69, 9.17) is 0 Å². The number of amides is 2. The monoisotopic (exact) mass is 454 g/mol. The molecule has 0 aromatic heterocycles. The molecule has 0 bridgehead atoms. The third kappa shape index (κ3) is 3.67. The molecule has 1 N–H and O–H groups in total. The molecule has 1 saturated heterocycles. The lowest BCUT2D eigenvalue weighted by Gasteiger charge is -2.17. The van der Waals surface area contributed by atoms with E-state index in [1.807, 2.05) is 12.1 Å². The molecule has 24 heavy (non-hydrogen) atoms. The van der Waals surface area contributed by atoms with Crippen LogP contribution in [-0.4, -0.2) is 18.4 Å². The summed E-state index contributed by atoms with van der Waals surface area (Å²) in [6.07, 6.45) is 0.136. The van der Waals surface area contributed by atoms with Crippen LogP contribution in [0.4, 0.5) is 15.8 Å². The van der Waals surface area contributed by atoms with E-state index in [1.54, 1.807) is 18.2 Å². The quantitative estimate of drug-likeness (QED) is 0.748. The van der Waals surface area contributed by atoms with E-state index >= 15 is 0 Å². The molecule has 7 heteroatoms. The molecule has 1 heterocycles. The first kappa shape index (κ1) is 17.1. The minimum absolute atomic E-state index is 0.136. The number of carbonyl (C=O) groups excluding carboxylic acids is 2. The van der Waals surface area contributed by atoms with Crippen LogP contribution in [0, 0.1) is 11.7 Å². The van der Waals surface area contributed by atoms with Crippen LogP contribution in [0.1, 0.15) is 6.42 Å². The third-order valence-corrected chi connectivity index (χ3v) is 4.97. The normalized spacial score (nSPS) is 17.2. The Morgan fingerprint density at radius 3 is 2.54 bits per heavy atom. The van der Waals surface area contributed by atoms with E-state index < -0.39 is 5.92 Å². The van der Waals surface area contributed by atoms with E-state index in [0.717, 1.165) is 8.95 Å². The molecule has 2 aromatic carbocycles. The lowest BCUT2D eigenvalue weighted by Crippen LogP contribution is -2.28. The fraction of sp³-hybridized carbons (Fsp3) is 0.176. The second-order valence-corrected chi connectivity index (χ2v) is 7.27. The summed E-state index contributed by atoms with van der Waals surface area (Å²) in [6.45, 7) is 0.282. The first-order chi connectivity index (χ1) is 11.4. The van der Waals surface area contributed by atoms with E-state index in [9.17, 15) is 14.0 Å². The molecule has 0 radical (unpaired) electrons. The summed E-state index contributed by atoms with van der Waals surface area (Å²) >= 11 is 6.75. The zero-order valence-electron chi connectivity index (χ0n) is 12.4. The maximum absolute atomic E-state index is 13.0. The zero-order chi connectivity index (χ0) is 17.3. The predicted molar refractivity (Wildman–Crippen MR) is 97.3 cm³/mol. The van der Waals surface area contributed by atoms with Gasteiger partial charge in [0, 0.05) is 27.6 Å². The van der Waals surface area contributed by atoms with Crippen LogP contribution < -0.4 is 10.2 Å². The minimum atomic E-state index is -0.446. The molecule has 2 amide bonds. The van der Waals surface area contributed by atoms with Crippen LogP contribution in [0.3, 0.4) is 0 Å². The smallest absolute Gasteiger partial charge is 0.229 e. The lowest BCUT2D eigenvalue weighted by molar-refractivity contribution is -0.122. The highest BCUT2D eigenvalue weighted by Crippen LogP contribution is 2.29. The van der Waals surface area contributed by atoms with Crippen LogP contribution >= 0.6 is 31.9 Å². The number of hydrogen-bond acceptors (Lipinski definition) is 2. The fourth-order valence-electron chi connectivity index (χ4n) is 2.58. The minimum Gasteiger partial charge on any atom is -0.325 e. The molecular weight excluding hydrogens is 443 g/mol. The Morgan fingerprint density at radius 2 is 1.88 bits per heavy atom. The van der Waals surface area contributed by atoms with Crippen LogP contribution in [0.25, 0.3) is 0 Å². The lowest BCUT2D eigenvalue weighted by atomic mass is 10.1. The number of halogens is 3. The molecule has 0 aliphatic carbocycles. The van der Waals surface area contributed by atoms with E-state index in [0.29, 0.717) is 11.4 Å². The van der Waals surface area contributed by atoms with Gasteiger partial charge in [0.05, 0.1) is 11.6 Å². The summed E-state index contributed by atoms with van der Waals surface area (Å²) in [6, 6.07) is 11.1. The number of hydrogen-bond donors (Lipinski definition) is 1. The first-order valence-corrected chi connectivity index (χ1v) is 8.84. The number of nitrogens with one attached hydrogen (secondary N) is 1. The van der Waals surface area contributed by atoms with Crippen LogP contribution in [0.15, 0.2) is 51.4 Å². The standard InChI is InChI=1S/C17H13Br2FN2O2/c18-11-1-6-15(14(19)8-11)21-17(24)10-7-16(23)22(9-10)13-4-2-12(20)3-5-13/h1-6,8,10H,7,9H2,(H,21,24)/t10-/m1/s1. The second-order valence-electron chi connectivity index (χ2n) is 5.50. The highest BCUT2D eigenvalue weighted by molar-refractivity contribution is 9.11. The van der Waals surface area contributed by atoms with Crippen molar-refractivity contribution in [2.75, 3.05) is 16.8 Å². The molecule has 3 rings (SSSR count). The van der Waals surface area contributed by atoms with Crippen molar-refractivity contribution in [1.29, 1.82) is 0 Å². The molecule has 1 aliphatic heterocycles. The Hall–Kier alpha value is -1.73. The van der Waals surface area contributed by atoms with Crippen molar-refractivity contribution in [3.63, 3.8) is 0 Å². The van der Waals surface area contributed by atoms with Crippen molar-refractivity contribution >= 4 is 55.0 Å². The van der Waals surface area contributed by atoms with Gasteiger partial charge in [0.1, 0.15) is 5.82 Å². The van der Waals surface area contributed by atoms with Gasteiger partial charge in [-0.2, -0.15) is 0 Å². The Morgan fingerprint density at radius 1 is 1.17 bits per heavy atom. The molecule has 4 nitrogen and oxygen atoms in total. The SMILES string of the molecule is O=C(Nc1ccc(Br)cc1Br)[C@@H]1CC(=O)N(c2ccc(F)cc2)C1. The fourth-order valence-corrected chi connectivity index (χ4v) is 3.73. The maximum atomic E-state index is 13.0. The molecule has 2 aromatic rings. The van der Waals surface area contributed by atoms with Gasteiger partial charge in [-0.3, -0.25) is 9.59 Å². The Balaban J connectivity index is 1.70. The summed E-state index contributed by atoms with van der Waals surface area (Å²) in [5, 5.41) is 2.84. The van der Waals surface area contributed by atoms with Gasteiger partial charge in [-0.25, -0.2) is 4.39 Å². The first-order valence-electron chi connectivity index (χ1n) is 7.26. The van der Waals surface area contributed by atoms with E-state index in [-0.39, 0.29) is 30.6 Å². The van der Waals surface area contributed by atoms with Crippen molar-refractivity contribution < 1.29 is 14.0 Å². The molecule has 124 valence electrons. The van der Waals surface area contributed by atoms with Crippen molar-refractivity contribution in [1.82, 2.24) is 0 Å². The Bertz CT molecular complexity index is 796. The highest BCUT2D eigenvalue weighted by Gasteiger charge is 2.35. The number of nitrogens with zero attached hydrogens (tertiary/aromatic N) is 1. The molecular formula is C17H13Br2FN2O2. The molecule has 0 spiro atoms. The average Bonchev–Trinajstić information content (AvgIpc) is 2.93. The summed E-state index contributed by atoms with van der Waals surface area (Å²) in [4.78, 5) is 26.1. The maximum Gasteiger partial charge on any atom is 0.229 e. The predicted octanol–water partition coefficient (Wildman–Crippen LogP) is 4.34. The van der Waals surface area contributed by atoms with Crippen LogP contribution in [0.2, 0.25) is 0 Å². The Labute approximate surface area is 155 Å². The molecule has 1 aliphatic rings. The van der Waals surface area contributed by atoms with Crippen molar-refractivity contribution in [3.05, 3.63) is 57.2 Å². The van der Waals surface area contributed by atoms with Gasteiger partial charge < -0.3 is 10.2 Å². The molecule has 1 atom stereocenters. The summed E-state index contributed by atoms with van der Waals surface area (Å²) in [5.41, 5.74) is 1.25. The summed E-state index contributed by atoms with van der Waals surface area (Å²) in [5.74, 6) is -1.16. The summed E-state index contributed by atoms with van der Waals surface area (Å²) in [7, 11) is 0. The van der Waals surface area contributed by atoms with Gasteiger partial charge in [0.2, 0.25) is 11.8 Å². The molecule has 0 saturated carbocycles. The van der Waals surface area contributed by atoms with Gasteiger partial charge in [-0.05, 0) is 58.4 Å². The van der Waals surface area contributed by atoms with Gasteiger partial charge in [0.25, 0.3) is 0 Å². The van der Waals surface area contributed by atoms with Gasteiger partial charge in [-0.1, -0.05) is 15.9 Å². The van der Waals surface area contributed by atoms with Gasteiger partial charge in [-0.15, -0.1) is 0 Å². The number of benzene rings is 2. The third-order valence-electron chi connectivity index (χ3n) is 3.82. The van der Waals surface area contributed by atoms with Crippen molar-refractivity contribution in [3.8, 4) is 0 Å². The number of rotatable bonds is 3. The summed E-state index contributed by atoms with van der Waals surface area (Å²) < 4.78 is 14.7. The second kappa shape index (κ2) is 7.03. The van der Waals surface area contributed by atoms with E-state index in [1.165, 1.54) is 17.0 Å². The van der Waals surface area contributed by atoms with Crippen molar-refractivity contribution in [2.45, 2.75) is 6.42 Å². The topological polar surface area (TPSA) is 49.4 Å². The Kier molecular flexibility index (Phi) is 5.01. The van der Waals surface area contributed by atoms with Crippen LogP contribution in [-0.2, 0) is 9.59 Å². The van der Waals surface area contributed by atoms with Gasteiger partial charge in [0.15, 0.2) is 0 Å². The van der Waals surface area contributed by atoms with Gasteiger partial charge >= 0.3 is 0 Å². The molecule has 0 unspecified atom stereocenters. The van der Waals surface area contributed by atoms with E-state index in [2.05, 4.69) is 37.2 Å². The molecule has 1 fully saturated rings. The largest absolute Gasteiger partial charge is 0.325 e. The average molecular weight is 456 g/mol. The highest BCUT2D eigenvalue weighted by atomic mass is 79.9.